The summed E-state index contributed by atoms with van der Waals surface area (Å²) in [4.78, 5) is 187. The number of nitrogens with zero attached hydrogens (tertiary/aromatic N) is 14. The number of aromatic nitrogens is 14. The molecule has 0 bridgehead atoms. The van der Waals surface area contributed by atoms with Gasteiger partial charge in [0.05, 0.1) is 73.7 Å². The molecule has 38 nitrogen and oxygen atoms in total. The molecule has 0 radical (unpaired) electrons. The Morgan fingerprint density at radius 1 is 0.484 bits per heavy atom. The summed E-state index contributed by atoms with van der Waals surface area (Å²) >= 11 is 0. The third-order valence-electron chi connectivity index (χ3n) is 17.3. The van der Waals surface area contributed by atoms with Crippen LogP contribution < -0.4 is 71.7 Å². The first-order valence-electron chi connectivity index (χ1n) is 29.6. The molecule has 0 spiro atoms. The number of nitrogens with two attached hydrogens (primary N) is 3. The van der Waals surface area contributed by atoms with Crippen molar-refractivity contribution in [2.24, 2.45) is 0 Å². The Morgan fingerprint density at radius 3 is 1.13 bits per heavy atom. The minimum Gasteiger partial charge on any atom is -0.481 e. The lowest BCUT2D eigenvalue weighted by Gasteiger charge is -2.27. The molecule has 38 heteroatoms. The molecule has 16 N–H and O–H groups in total. The number of H-pyrrole nitrogens is 4. The summed E-state index contributed by atoms with van der Waals surface area (Å²) in [6, 6.07) is -5.01. The fourth-order valence-corrected chi connectivity index (χ4v) is 13.0. The van der Waals surface area contributed by atoms with E-state index < -0.39 is 88.0 Å². The van der Waals surface area contributed by atoms with Crippen molar-refractivity contribution < 1.29 is 33.9 Å². The van der Waals surface area contributed by atoms with Gasteiger partial charge < -0.3 is 62.6 Å². The Hall–Kier alpha value is -10.2. The zero-order chi connectivity index (χ0) is 64.5. The van der Waals surface area contributed by atoms with E-state index in [1.54, 1.807) is 25.5 Å². The SMILES string of the molecule is CC(=O)NCCN1C[C@@H](n2cnc3c(=O)[nH]c(N)nc32)C[C@H]1C(=O)NCCN1C[C@@H](n2cnc3c(=O)[nH]c(N)nc32)C[C@H]1C(=O)NCCN1C[C@@H](n2cnc3c(=O)[nH]c(N)nc32)C[C@H]1C(=O)NCCN1C[C@@H](n2cc(C)c(=O)[nH]c2=O)C[C@H]1C(=O)NCCC(=O)O. The predicted molar refractivity (Wildman–Crippen MR) is 323 cm³/mol. The summed E-state index contributed by atoms with van der Waals surface area (Å²) in [5.41, 5.74) is 16.2. The Labute approximate surface area is 512 Å². The van der Waals surface area contributed by atoms with E-state index >= 15 is 0 Å². The van der Waals surface area contributed by atoms with E-state index in [1.165, 1.54) is 36.7 Å². The molecule has 11 heterocycles. The van der Waals surface area contributed by atoms with E-state index in [0.29, 0.717) is 19.5 Å². The van der Waals surface area contributed by atoms with E-state index in [9.17, 15) is 57.8 Å². The van der Waals surface area contributed by atoms with Crippen LogP contribution in [-0.2, 0) is 28.8 Å². The summed E-state index contributed by atoms with van der Waals surface area (Å²) in [7, 11) is 0. The van der Waals surface area contributed by atoms with Crippen molar-refractivity contribution in [3.8, 4) is 0 Å². The molecule has 4 saturated heterocycles. The summed E-state index contributed by atoms with van der Waals surface area (Å²) in [5, 5.41) is 23.8. The molecule has 8 atom stereocenters. The van der Waals surface area contributed by atoms with Gasteiger partial charge in [0, 0.05) is 104 Å². The van der Waals surface area contributed by atoms with Crippen molar-refractivity contribution in [2.45, 2.75) is 94.3 Å². The van der Waals surface area contributed by atoms with Gasteiger partial charge in [-0.15, -0.1) is 0 Å². The fourth-order valence-electron chi connectivity index (χ4n) is 13.0. The summed E-state index contributed by atoms with van der Waals surface area (Å²) < 4.78 is 6.44. The molecule has 11 rings (SSSR count). The van der Waals surface area contributed by atoms with Gasteiger partial charge in [-0.05, 0) is 32.6 Å². The minimum atomic E-state index is -1.11. The molecule has 484 valence electrons. The van der Waals surface area contributed by atoms with Crippen LogP contribution in [0.25, 0.3) is 33.5 Å². The number of carbonyl (C=O) groups is 6. The number of carboxylic acids is 1. The number of amides is 5. The Kier molecular flexibility index (Phi) is 17.9. The molecule has 0 aromatic carbocycles. The molecule has 4 fully saturated rings. The number of nitrogen functional groups attached to an aromatic ring is 3. The predicted octanol–water partition coefficient (Wildman–Crippen LogP) is -6.47. The molecule has 0 unspecified atom stereocenters. The van der Waals surface area contributed by atoms with Crippen molar-refractivity contribution in [3.05, 3.63) is 82.6 Å². The number of fused-ring (bicyclic) bond motifs is 3. The number of anilines is 3. The van der Waals surface area contributed by atoms with E-state index in [0.717, 1.165) is 0 Å². The Balaban J connectivity index is 0.786. The van der Waals surface area contributed by atoms with Crippen LogP contribution in [-0.4, -0.2) is 238 Å². The number of nitrogens with one attached hydrogen (secondary N) is 9. The highest BCUT2D eigenvalue weighted by molar-refractivity contribution is 5.85. The molecule has 5 amide bonds. The van der Waals surface area contributed by atoms with E-state index in [-0.39, 0.29) is 178 Å². The van der Waals surface area contributed by atoms with Crippen LogP contribution >= 0.6 is 0 Å². The maximum atomic E-state index is 14.7. The third kappa shape index (κ3) is 13.3. The lowest BCUT2D eigenvalue weighted by atomic mass is 10.1. The van der Waals surface area contributed by atoms with Crippen molar-refractivity contribution >= 4 is 86.8 Å². The standard InChI is InChI=1S/C53H70N26O12/c1-25-17-76(53(91)71-42(25)83)27-13-31(43(84)58-4-3-35(81)82)73(18-27)10-6-59-45(86)33-15-29(78-23-63-37-40(78)66-51(55)69-48(37)89)21-75(33)12-8-61-46(87)34-16-30(79-24-64-38-41(79)67-52(56)70-49(38)90)20-74(34)11-7-60-44(85)32-14-28(19-72(32)9-5-57-26(2)80)77-22-62-36-39(77)65-50(54)68-47(36)88/h17,22-24,27-34H,3-16,18-21H2,1-2H3,(H,57,80)(H,58,84)(H,59,86)(H,60,85)(H,61,87)(H,81,82)(H,71,83,91)(H3,54,65,68,88)(H3,55,66,69,89)(H3,56,67,70,90)/t27-,28-,29-,30-,31-,32-,33-,34-/m0/s1. The number of carboxylic acid groups (broad SMARTS) is 1. The smallest absolute Gasteiger partial charge is 0.328 e. The van der Waals surface area contributed by atoms with E-state index in [1.807, 2.05) is 14.7 Å². The van der Waals surface area contributed by atoms with E-state index in [4.69, 9.17) is 17.2 Å². The molecule has 4 aliphatic rings. The number of rotatable bonds is 23. The van der Waals surface area contributed by atoms with Gasteiger partial charge in [0.2, 0.25) is 47.4 Å². The van der Waals surface area contributed by atoms with Gasteiger partial charge in [0.25, 0.3) is 22.2 Å². The number of aryl methyl sites for hydroxylation is 1. The van der Waals surface area contributed by atoms with Gasteiger partial charge in [-0.2, -0.15) is 15.0 Å². The number of likely N-dealkylation sites (tertiary alicyclic amines) is 4. The molecule has 0 saturated carbocycles. The molecule has 7 aromatic rings. The van der Waals surface area contributed by atoms with Crippen molar-refractivity contribution in [3.63, 3.8) is 0 Å². The number of aromatic amines is 4. The number of imidazole rings is 3. The van der Waals surface area contributed by atoms with Gasteiger partial charge >= 0.3 is 11.7 Å². The zero-order valence-electron chi connectivity index (χ0n) is 49.6. The monoisotopic (exact) mass is 1260 g/mol. The van der Waals surface area contributed by atoms with Crippen LogP contribution in [0.3, 0.4) is 0 Å². The van der Waals surface area contributed by atoms with Crippen molar-refractivity contribution in [1.29, 1.82) is 0 Å². The van der Waals surface area contributed by atoms with Crippen molar-refractivity contribution in [2.75, 3.05) is 102 Å². The second-order valence-corrected chi connectivity index (χ2v) is 23.2. The number of carbonyl (C=O) groups excluding carboxylic acids is 5. The first kappa shape index (κ1) is 62.4. The van der Waals surface area contributed by atoms with Crippen LogP contribution in [0, 0.1) is 6.92 Å². The van der Waals surface area contributed by atoms with Gasteiger partial charge in [-0.1, -0.05) is 0 Å². The quantitative estimate of drug-likeness (QED) is 0.0283. The topological polar surface area (TPSA) is 519 Å². The molecule has 4 aliphatic heterocycles. The van der Waals surface area contributed by atoms with Crippen LogP contribution in [0.5, 0.6) is 0 Å². The third-order valence-corrected chi connectivity index (χ3v) is 17.3. The molecular formula is C53H70N26O12. The summed E-state index contributed by atoms with van der Waals surface area (Å²) in [6.07, 6.45) is 6.34. The van der Waals surface area contributed by atoms with Gasteiger partial charge in [-0.25, -0.2) is 19.7 Å². The average Bonchev–Trinajstić information content (AvgIpc) is 1.66. The highest BCUT2D eigenvalue weighted by atomic mass is 16.4. The number of hydrogen-bond acceptors (Lipinski definition) is 24. The first-order valence-corrected chi connectivity index (χ1v) is 29.6. The normalized spacial score (nSPS) is 22.3. The maximum absolute atomic E-state index is 14.7. The largest absolute Gasteiger partial charge is 0.481 e. The highest BCUT2D eigenvalue weighted by Crippen LogP contribution is 2.33. The van der Waals surface area contributed by atoms with Gasteiger partial charge in [-0.3, -0.25) is 92.0 Å². The second kappa shape index (κ2) is 26.1. The lowest BCUT2D eigenvalue weighted by Crippen LogP contribution is -2.51. The maximum Gasteiger partial charge on any atom is 0.328 e. The summed E-state index contributed by atoms with van der Waals surface area (Å²) in [6.45, 7) is 4.96. The lowest BCUT2D eigenvalue weighted by molar-refractivity contribution is -0.137. The van der Waals surface area contributed by atoms with Crippen LogP contribution in [0.1, 0.15) is 68.8 Å². The zero-order valence-corrected chi connectivity index (χ0v) is 49.6. The number of hydrogen-bond donors (Lipinski definition) is 13. The molecular weight excluding hydrogens is 1190 g/mol. The molecule has 0 aliphatic carbocycles. The summed E-state index contributed by atoms with van der Waals surface area (Å²) in [5.74, 6) is -3.29. The Morgan fingerprint density at radius 2 is 0.802 bits per heavy atom. The number of aliphatic carboxylic acids is 1. The van der Waals surface area contributed by atoms with Crippen LogP contribution in [0.15, 0.2) is 49.2 Å². The average molecular weight is 1260 g/mol. The van der Waals surface area contributed by atoms with Crippen LogP contribution in [0.2, 0.25) is 0 Å². The second-order valence-electron chi connectivity index (χ2n) is 23.2. The van der Waals surface area contributed by atoms with Crippen LogP contribution in [0.4, 0.5) is 17.8 Å². The van der Waals surface area contributed by atoms with Gasteiger partial charge in [0.1, 0.15) is 0 Å². The highest BCUT2D eigenvalue weighted by Gasteiger charge is 2.43. The Bertz CT molecular complexity index is 4280. The fraction of sp³-hybridized carbons (Fsp3) is 0.528. The molecule has 91 heavy (non-hydrogen) atoms. The van der Waals surface area contributed by atoms with Crippen molar-refractivity contribution in [1.82, 2.24) is 114 Å². The first-order chi connectivity index (χ1) is 43.6. The van der Waals surface area contributed by atoms with Gasteiger partial charge in [0.15, 0.2) is 33.5 Å². The van der Waals surface area contributed by atoms with E-state index in [2.05, 4.69) is 76.4 Å². The minimum absolute atomic E-state index is 0.0247. The molecule has 7 aromatic heterocycles.